The molecule has 0 unspecified atom stereocenters. The van der Waals surface area contributed by atoms with Crippen LogP contribution in [0.4, 0.5) is 0 Å². The molecule has 1 heteroatoms. The van der Waals surface area contributed by atoms with Crippen LogP contribution in [0.25, 0.3) is 0 Å². The molecule has 0 radical (unpaired) electrons. The molecule has 0 amide bonds. The van der Waals surface area contributed by atoms with E-state index in [1.54, 1.807) is 0 Å². The van der Waals surface area contributed by atoms with Gasteiger partial charge < -0.3 is 4.74 Å². The van der Waals surface area contributed by atoms with Gasteiger partial charge in [0, 0.05) is 6.61 Å². The van der Waals surface area contributed by atoms with E-state index < -0.39 is 0 Å². The van der Waals surface area contributed by atoms with Crippen molar-refractivity contribution in [3.05, 3.63) is 35.9 Å². The molecule has 2 rings (SSSR count). The second-order valence-electron chi connectivity index (χ2n) is 5.07. The van der Waals surface area contributed by atoms with Crippen molar-refractivity contribution >= 4 is 0 Å². The third-order valence-electron chi connectivity index (χ3n) is 3.61. The molecule has 1 aliphatic carbocycles. The summed E-state index contributed by atoms with van der Waals surface area (Å²) in [6.45, 7) is 4.96. The van der Waals surface area contributed by atoms with Crippen molar-refractivity contribution in [1.29, 1.82) is 0 Å². The Balaban J connectivity index is 0.000000861. The molecule has 0 N–H and O–H groups in total. The van der Waals surface area contributed by atoms with Gasteiger partial charge in [-0.2, -0.15) is 0 Å². The summed E-state index contributed by atoms with van der Waals surface area (Å²) in [5, 5.41) is 0. The summed E-state index contributed by atoms with van der Waals surface area (Å²) in [7, 11) is 0. The Morgan fingerprint density at radius 1 is 0.947 bits per heavy atom. The van der Waals surface area contributed by atoms with Crippen molar-refractivity contribution in [1.82, 2.24) is 0 Å². The highest BCUT2D eigenvalue weighted by Crippen LogP contribution is 2.20. The zero-order chi connectivity index (χ0) is 13.8. The highest BCUT2D eigenvalue weighted by molar-refractivity contribution is 5.14. The maximum atomic E-state index is 5.92. The lowest BCUT2D eigenvalue weighted by Gasteiger charge is -2.21. The monoisotopic (exact) mass is 262 g/mol. The van der Waals surface area contributed by atoms with Gasteiger partial charge in [0.05, 0.1) is 6.10 Å². The van der Waals surface area contributed by atoms with Gasteiger partial charge in [-0.25, -0.2) is 0 Å². The van der Waals surface area contributed by atoms with E-state index >= 15 is 0 Å². The summed E-state index contributed by atoms with van der Waals surface area (Å²) >= 11 is 0. The summed E-state index contributed by atoms with van der Waals surface area (Å²) in [4.78, 5) is 0. The minimum Gasteiger partial charge on any atom is -0.378 e. The third-order valence-corrected chi connectivity index (χ3v) is 3.61. The van der Waals surface area contributed by atoms with Gasteiger partial charge in [0.1, 0.15) is 0 Å². The maximum Gasteiger partial charge on any atom is 0.0575 e. The van der Waals surface area contributed by atoms with Crippen molar-refractivity contribution < 1.29 is 4.74 Å². The molecule has 0 aromatic heterocycles. The Bertz CT molecular complexity index is 288. The molecule has 0 saturated heterocycles. The molecule has 1 saturated carbocycles. The third kappa shape index (κ3) is 7.37. The number of unbranched alkanes of at least 4 members (excludes halogenated alkanes) is 1. The first-order chi connectivity index (χ1) is 9.45. The van der Waals surface area contributed by atoms with Crippen LogP contribution in [0.2, 0.25) is 0 Å². The van der Waals surface area contributed by atoms with Crippen molar-refractivity contribution in [3.8, 4) is 0 Å². The molecule has 108 valence electrons. The van der Waals surface area contributed by atoms with Crippen LogP contribution in [0.15, 0.2) is 30.3 Å². The first-order valence-corrected chi connectivity index (χ1v) is 8.11. The van der Waals surface area contributed by atoms with Crippen LogP contribution in [-0.4, -0.2) is 12.7 Å². The molecular formula is C18H30O. The summed E-state index contributed by atoms with van der Waals surface area (Å²) in [5.41, 5.74) is 1.45. The Hall–Kier alpha value is -0.820. The molecule has 0 atom stereocenters. The van der Waals surface area contributed by atoms with E-state index in [9.17, 15) is 0 Å². The number of ether oxygens (including phenoxy) is 1. The Morgan fingerprint density at radius 3 is 2.32 bits per heavy atom. The lowest BCUT2D eigenvalue weighted by atomic mass is 9.98. The van der Waals surface area contributed by atoms with E-state index in [-0.39, 0.29) is 0 Å². The van der Waals surface area contributed by atoms with Gasteiger partial charge in [-0.1, -0.05) is 63.4 Å². The van der Waals surface area contributed by atoms with Gasteiger partial charge in [-0.15, -0.1) is 0 Å². The molecule has 1 aromatic carbocycles. The SMILES string of the molecule is CC.c1ccc(CCCCOC2CCCCC2)cc1. The Labute approximate surface area is 119 Å². The molecule has 1 aliphatic rings. The molecule has 1 aromatic rings. The zero-order valence-corrected chi connectivity index (χ0v) is 12.7. The van der Waals surface area contributed by atoms with Crippen molar-refractivity contribution in [2.24, 2.45) is 0 Å². The number of benzene rings is 1. The quantitative estimate of drug-likeness (QED) is 0.625. The summed E-state index contributed by atoms with van der Waals surface area (Å²) in [5.74, 6) is 0. The average molecular weight is 262 g/mol. The Morgan fingerprint density at radius 2 is 1.63 bits per heavy atom. The lowest BCUT2D eigenvalue weighted by Crippen LogP contribution is -2.17. The summed E-state index contributed by atoms with van der Waals surface area (Å²) in [6, 6.07) is 10.7. The first kappa shape index (κ1) is 16.2. The molecule has 19 heavy (non-hydrogen) atoms. The van der Waals surface area contributed by atoms with Crippen molar-refractivity contribution in [2.45, 2.75) is 71.3 Å². The van der Waals surface area contributed by atoms with Crippen molar-refractivity contribution in [2.75, 3.05) is 6.61 Å². The van der Waals surface area contributed by atoms with E-state index in [0.717, 1.165) is 6.61 Å². The lowest BCUT2D eigenvalue weighted by molar-refractivity contribution is 0.0265. The van der Waals surface area contributed by atoms with Crippen LogP contribution in [0.5, 0.6) is 0 Å². The van der Waals surface area contributed by atoms with Gasteiger partial charge in [-0.05, 0) is 37.7 Å². The minimum absolute atomic E-state index is 0.570. The number of hydrogen-bond acceptors (Lipinski definition) is 1. The largest absolute Gasteiger partial charge is 0.378 e. The first-order valence-electron chi connectivity index (χ1n) is 8.11. The highest BCUT2D eigenvalue weighted by Gasteiger charge is 2.12. The fraction of sp³-hybridized carbons (Fsp3) is 0.667. The second-order valence-corrected chi connectivity index (χ2v) is 5.07. The summed E-state index contributed by atoms with van der Waals surface area (Å²) in [6.07, 6.45) is 10.9. The normalized spacial score (nSPS) is 15.7. The molecule has 1 nitrogen and oxygen atoms in total. The number of aryl methyl sites for hydroxylation is 1. The van der Waals surface area contributed by atoms with Crippen LogP contribution in [0.1, 0.15) is 64.4 Å². The van der Waals surface area contributed by atoms with E-state index in [4.69, 9.17) is 4.74 Å². The van der Waals surface area contributed by atoms with Gasteiger partial charge in [0.2, 0.25) is 0 Å². The summed E-state index contributed by atoms with van der Waals surface area (Å²) < 4.78 is 5.92. The van der Waals surface area contributed by atoms with E-state index in [1.807, 2.05) is 13.8 Å². The molecule has 0 aliphatic heterocycles. The van der Waals surface area contributed by atoms with E-state index in [2.05, 4.69) is 30.3 Å². The van der Waals surface area contributed by atoms with Crippen LogP contribution < -0.4 is 0 Å². The second kappa shape index (κ2) is 11.0. The van der Waals surface area contributed by atoms with Crippen molar-refractivity contribution in [3.63, 3.8) is 0 Å². The molecule has 0 bridgehead atoms. The fourth-order valence-corrected chi connectivity index (χ4v) is 2.56. The minimum atomic E-state index is 0.570. The van der Waals surface area contributed by atoms with E-state index in [0.29, 0.717) is 6.10 Å². The smallest absolute Gasteiger partial charge is 0.0575 e. The molecular weight excluding hydrogens is 232 g/mol. The predicted octanol–water partition coefficient (Wildman–Crippen LogP) is 5.38. The number of rotatable bonds is 6. The highest BCUT2D eigenvalue weighted by atomic mass is 16.5. The predicted molar refractivity (Wildman–Crippen MR) is 83.6 cm³/mol. The average Bonchev–Trinajstić information content (AvgIpc) is 2.51. The van der Waals surface area contributed by atoms with Crippen LogP contribution in [-0.2, 0) is 11.2 Å². The Kier molecular flexibility index (Phi) is 9.44. The van der Waals surface area contributed by atoms with Gasteiger partial charge in [0.15, 0.2) is 0 Å². The topological polar surface area (TPSA) is 9.23 Å². The standard InChI is InChI=1S/C16H24O.C2H6/c1-3-9-15(10-4-1)11-7-8-14-17-16-12-5-2-6-13-16;1-2/h1,3-4,9-10,16H,2,5-8,11-14H2;1-2H3. The van der Waals surface area contributed by atoms with Crippen LogP contribution in [0.3, 0.4) is 0 Å². The van der Waals surface area contributed by atoms with E-state index in [1.165, 1.54) is 56.9 Å². The molecule has 0 spiro atoms. The van der Waals surface area contributed by atoms with Gasteiger partial charge in [0.25, 0.3) is 0 Å². The van der Waals surface area contributed by atoms with Crippen LogP contribution >= 0.6 is 0 Å². The van der Waals surface area contributed by atoms with Gasteiger partial charge in [-0.3, -0.25) is 0 Å². The molecule has 1 fully saturated rings. The molecule has 0 heterocycles. The number of hydrogen-bond donors (Lipinski definition) is 0. The zero-order valence-electron chi connectivity index (χ0n) is 12.7. The van der Waals surface area contributed by atoms with Crippen LogP contribution in [0, 0.1) is 0 Å². The van der Waals surface area contributed by atoms with Gasteiger partial charge >= 0.3 is 0 Å². The maximum absolute atomic E-state index is 5.92. The fourth-order valence-electron chi connectivity index (χ4n) is 2.56.